The zero-order valence-electron chi connectivity index (χ0n) is 17.7. The summed E-state index contributed by atoms with van der Waals surface area (Å²) in [6.45, 7) is 0.467. The normalized spacial score (nSPS) is 12.1. The van der Waals surface area contributed by atoms with Gasteiger partial charge >= 0.3 is 0 Å². The minimum Gasteiger partial charge on any atom is -0.384 e. The van der Waals surface area contributed by atoms with E-state index in [9.17, 15) is 4.79 Å². The molecule has 0 saturated heterocycles. The number of imidazole rings is 1. The van der Waals surface area contributed by atoms with Gasteiger partial charge in [0.2, 0.25) is 5.91 Å². The van der Waals surface area contributed by atoms with E-state index >= 15 is 0 Å². The average Bonchev–Trinajstić information content (AvgIpc) is 3.45. The Morgan fingerprint density at radius 2 is 1.82 bits per heavy atom. The Morgan fingerprint density at radius 3 is 2.61 bits per heavy atom. The Hall–Kier alpha value is -4.04. The highest BCUT2D eigenvalue weighted by molar-refractivity contribution is 7.18. The van der Waals surface area contributed by atoms with Gasteiger partial charge in [-0.15, -0.1) is 11.3 Å². The van der Waals surface area contributed by atoms with Crippen molar-refractivity contribution < 1.29 is 4.79 Å². The molecule has 2 aromatic heterocycles. The number of hydrogen-bond acceptors (Lipinski definition) is 5. The van der Waals surface area contributed by atoms with Gasteiger partial charge in [-0.2, -0.15) is 0 Å². The molecule has 0 saturated carbocycles. The Balaban J connectivity index is 1.47. The van der Waals surface area contributed by atoms with Crippen molar-refractivity contribution in [2.24, 2.45) is 5.73 Å². The van der Waals surface area contributed by atoms with Gasteiger partial charge in [-0.3, -0.25) is 10.2 Å². The lowest BCUT2D eigenvalue weighted by molar-refractivity contribution is -0.121. The molecule has 5 rings (SSSR count). The van der Waals surface area contributed by atoms with Crippen LogP contribution < -0.4 is 11.1 Å². The number of H-pyrrole nitrogens is 1. The quantitative estimate of drug-likeness (QED) is 0.216. The summed E-state index contributed by atoms with van der Waals surface area (Å²) >= 11 is 1.52. The van der Waals surface area contributed by atoms with Gasteiger partial charge in [0.1, 0.15) is 16.7 Å². The van der Waals surface area contributed by atoms with E-state index in [-0.39, 0.29) is 24.1 Å². The first-order chi connectivity index (χ1) is 16.1. The van der Waals surface area contributed by atoms with Gasteiger partial charge in [0, 0.05) is 18.5 Å². The van der Waals surface area contributed by atoms with Crippen LogP contribution in [-0.2, 0) is 11.3 Å². The molecule has 0 aliphatic carbocycles. The number of nitrogens with one attached hydrogen (secondary N) is 3. The highest BCUT2D eigenvalue weighted by Crippen LogP contribution is 2.34. The molecular weight excluding hydrogens is 432 g/mol. The number of amidine groups is 1. The number of nitrogens with two attached hydrogens (primary N) is 1. The van der Waals surface area contributed by atoms with E-state index in [2.05, 4.69) is 10.3 Å². The molecule has 0 spiro atoms. The number of fused-ring (bicyclic) bond motifs is 2. The van der Waals surface area contributed by atoms with Gasteiger partial charge in [-0.1, -0.05) is 42.5 Å². The fourth-order valence-electron chi connectivity index (χ4n) is 3.75. The fourth-order valence-corrected chi connectivity index (χ4v) is 4.81. The first-order valence-corrected chi connectivity index (χ1v) is 11.4. The van der Waals surface area contributed by atoms with Crippen molar-refractivity contribution in [3.8, 4) is 0 Å². The second-order valence-electron chi connectivity index (χ2n) is 7.81. The molecule has 0 radical (unpaired) electrons. The number of carbonyl (C=O) groups is 1. The molecule has 3 aromatic carbocycles. The Bertz CT molecular complexity index is 1420. The Kier molecular flexibility index (Phi) is 5.58. The molecule has 33 heavy (non-hydrogen) atoms. The largest absolute Gasteiger partial charge is 0.384 e. The first kappa shape index (κ1) is 20.8. The standard InChI is InChI=1S/C25H22N6OS/c26-23(27)16-10-11-21-20(12-16)31-25(33-21)17(24-29-18-8-4-5-9-19(18)30-24)13-22(32)28-14-15-6-2-1-3-7-15/h1-12,17H,13-14H2,(H3,26,27)(H,28,32)(H,29,30). The van der Waals surface area contributed by atoms with Crippen LogP contribution in [0.5, 0.6) is 0 Å². The minimum absolute atomic E-state index is 0.000531. The van der Waals surface area contributed by atoms with Crippen LogP contribution in [0.2, 0.25) is 0 Å². The number of aromatic nitrogens is 3. The lowest BCUT2D eigenvalue weighted by atomic mass is 10.0. The van der Waals surface area contributed by atoms with Crippen molar-refractivity contribution >= 4 is 44.3 Å². The van der Waals surface area contributed by atoms with E-state index in [4.69, 9.17) is 21.1 Å². The maximum Gasteiger partial charge on any atom is 0.221 e. The molecule has 0 fully saturated rings. The minimum atomic E-state index is -0.327. The number of rotatable bonds is 7. The molecule has 8 heteroatoms. The molecule has 0 bridgehead atoms. The van der Waals surface area contributed by atoms with Crippen molar-refractivity contribution in [1.82, 2.24) is 20.3 Å². The number of hydrogen-bond donors (Lipinski definition) is 4. The number of nitrogens with zero attached hydrogens (tertiary/aromatic N) is 2. The lowest BCUT2D eigenvalue weighted by Crippen LogP contribution is -2.25. The van der Waals surface area contributed by atoms with E-state index in [1.165, 1.54) is 11.3 Å². The average molecular weight is 455 g/mol. The van der Waals surface area contributed by atoms with Crippen LogP contribution in [-0.4, -0.2) is 26.7 Å². The van der Waals surface area contributed by atoms with Crippen molar-refractivity contribution in [3.63, 3.8) is 0 Å². The zero-order valence-corrected chi connectivity index (χ0v) is 18.5. The van der Waals surface area contributed by atoms with E-state index in [1.807, 2.05) is 72.8 Å². The third kappa shape index (κ3) is 4.47. The number of benzene rings is 3. The van der Waals surface area contributed by atoms with Crippen LogP contribution in [0.15, 0.2) is 72.8 Å². The Labute approximate surface area is 194 Å². The summed E-state index contributed by atoms with van der Waals surface area (Å²) in [7, 11) is 0. The number of nitrogen functional groups attached to an aromatic ring is 1. The van der Waals surface area contributed by atoms with Crippen LogP contribution >= 0.6 is 11.3 Å². The number of aromatic amines is 1. The topological polar surface area (TPSA) is 121 Å². The molecule has 1 unspecified atom stereocenters. The summed E-state index contributed by atoms with van der Waals surface area (Å²) in [6.07, 6.45) is 0.214. The van der Waals surface area contributed by atoms with Gasteiger partial charge < -0.3 is 16.0 Å². The molecule has 5 aromatic rings. The summed E-state index contributed by atoms with van der Waals surface area (Å²) in [5.74, 6) is 0.303. The van der Waals surface area contributed by atoms with Gasteiger partial charge in [-0.25, -0.2) is 9.97 Å². The van der Waals surface area contributed by atoms with E-state index in [0.29, 0.717) is 17.9 Å². The predicted molar refractivity (Wildman–Crippen MR) is 131 cm³/mol. The maximum absolute atomic E-state index is 12.9. The van der Waals surface area contributed by atoms with E-state index in [0.717, 1.165) is 31.8 Å². The van der Waals surface area contributed by atoms with E-state index in [1.54, 1.807) is 0 Å². The third-order valence-corrected chi connectivity index (χ3v) is 6.62. The molecule has 164 valence electrons. The number of thiazole rings is 1. The number of carbonyl (C=O) groups excluding carboxylic acids is 1. The van der Waals surface area contributed by atoms with Crippen LogP contribution in [0.25, 0.3) is 21.3 Å². The monoisotopic (exact) mass is 454 g/mol. The number of para-hydroxylation sites is 2. The first-order valence-electron chi connectivity index (χ1n) is 10.6. The molecule has 5 N–H and O–H groups in total. The second-order valence-corrected chi connectivity index (χ2v) is 8.87. The summed E-state index contributed by atoms with van der Waals surface area (Å²) in [4.78, 5) is 25.8. The maximum atomic E-state index is 12.9. The molecule has 0 aliphatic heterocycles. The van der Waals surface area contributed by atoms with Crippen molar-refractivity contribution in [3.05, 3.63) is 94.8 Å². The summed E-state index contributed by atoms with van der Waals surface area (Å²) in [5.41, 5.74) is 9.84. The summed E-state index contributed by atoms with van der Waals surface area (Å²) in [6, 6.07) is 23.2. The lowest BCUT2D eigenvalue weighted by Gasteiger charge is -2.12. The van der Waals surface area contributed by atoms with Crippen molar-refractivity contribution in [2.75, 3.05) is 0 Å². The summed E-state index contributed by atoms with van der Waals surface area (Å²) < 4.78 is 0.973. The highest BCUT2D eigenvalue weighted by Gasteiger charge is 2.25. The number of amides is 1. The van der Waals surface area contributed by atoms with Crippen molar-refractivity contribution in [2.45, 2.75) is 18.9 Å². The van der Waals surface area contributed by atoms with Crippen LogP contribution in [0.1, 0.15) is 34.3 Å². The van der Waals surface area contributed by atoms with Crippen molar-refractivity contribution in [1.29, 1.82) is 5.41 Å². The smallest absolute Gasteiger partial charge is 0.221 e. The highest BCUT2D eigenvalue weighted by atomic mass is 32.1. The van der Waals surface area contributed by atoms with Gasteiger partial charge in [0.05, 0.1) is 27.2 Å². The van der Waals surface area contributed by atoms with Crippen LogP contribution in [0, 0.1) is 5.41 Å². The zero-order chi connectivity index (χ0) is 22.8. The SMILES string of the molecule is N=C(N)c1ccc2sc(C(CC(=O)NCc3ccccc3)c3nc4ccccc4[nH]3)nc2c1. The molecular formula is C25H22N6OS. The molecule has 2 heterocycles. The third-order valence-electron chi connectivity index (χ3n) is 5.47. The van der Waals surface area contributed by atoms with Crippen LogP contribution in [0.4, 0.5) is 0 Å². The molecule has 1 atom stereocenters. The van der Waals surface area contributed by atoms with Gasteiger partial charge in [0.15, 0.2) is 0 Å². The summed E-state index contributed by atoms with van der Waals surface area (Å²) in [5, 5.41) is 11.5. The second kappa shape index (κ2) is 8.84. The predicted octanol–water partition coefficient (Wildman–Crippen LogP) is 4.30. The molecule has 1 amide bonds. The molecule has 7 nitrogen and oxygen atoms in total. The fraction of sp³-hybridized carbons (Fsp3) is 0.120. The van der Waals surface area contributed by atoms with Gasteiger partial charge in [0.25, 0.3) is 0 Å². The van der Waals surface area contributed by atoms with E-state index < -0.39 is 0 Å². The molecule has 0 aliphatic rings. The van der Waals surface area contributed by atoms with Gasteiger partial charge in [-0.05, 0) is 35.9 Å². The Morgan fingerprint density at radius 1 is 1.03 bits per heavy atom. The van der Waals surface area contributed by atoms with Crippen LogP contribution in [0.3, 0.4) is 0 Å².